The van der Waals surface area contributed by atoms with Crippen LogP contribution >= 0.6 is 11.6 Å². The van der Waals surface area contributed by atoms with E-state index in [9.17, 15) is 9.59 Å². The first-order chi connectivity index (χ1) is 6.50. The highest BCUT2D eigenvalue weighted by molar-refractivity contribution is 6.29. The zero-order chi connectivity index (χ0) is 10.7. The number of aromatic nitrogens is 2. The number of rotatable bonds is 1. The van der Waals surface area contributed by atoms with E-state index in [2.05, 4.69) is 9.97 Å². The first kappa shape index (κ1) is 10.2. The lowest BCUT2D eigenvalue weighted by atomic mass is 10.4. The molecule has 1 heterocycles. The zero-order valence-electron chi connectivity index (χ0n) is 6.82. The fourth-order valence-corrected chi connectivity index (χ4v) is 0.848. The minimum absolute atomic E-state index is 0.00572. The molecule has 8 heteroatoms. The Balaban J connectivity index is 3.00. The Labute approximate surface area is 83.5 Å². The van der Waals surface area contributed by atoms with E-state index in [1.165, 1.54) is 6.20 Å². The Hall–Kier alpha value is -1.89. The molecule has 0 atom stereocenters. The van der Waals surface area contributed by atoms with Gasteiger partial charge >= 0.3 is 6.03 Å². The largest absolute Gasteiger partial charge is 0.382 e. The number of anilines is 1. The zero-order valence-corrected chi connectivity index (χ0v) is 7.58. The number of nitrogens with one attached hydrogen (secondary N) is 1. The smallest absolute Gasteiger partial charge is 0.319 e. The Morgan fingerprint density at radius 1 is 1.50 bits per heavy atom. The van der Waals surface area contributed by atoms with Crippen LogP contribution < -0.4 is 16.8 Å². The van der Waals surface area contributed by atoms with Crippen LogP contribution in [0.15, 0.2) is 6.20 Å². The van der Waals surface area contributed by atoms with Gasteiger partial charge in [-0.2, -0.15) is 0 Å². The highest BCUT2D eigenvalue weighted by Crippen LogP contribution is 2.09. The Bertz CT molecular complexity index is 394. The third-order valence-electron chi connectivity index (χ3n) is 1.22. The van der Waals surface area contributed by atoms with Crippen molar-refractivity contribution in [3.8, 4) is 0 Å². The standard InChI is InChI=1S/C6H6ClN5O2/c7-2-1-10-4(8)3(11-2)5(13)12-6(9)14/h1H,(H2,8,10)(H3,9,12,13,14). The van der Waals surface area contributed by atoms with Crippen molar-refractivity contribution in [2.75, 3.05) is 5.73 Å². The van der Waals surface area contributed by atoms with Crippen LogP contribution in [0.2, 0.25) is 5.15 Å². The minimum Gasteiger partial charge on any atom is -0.382 e. The molecule has 0 spiro atoms. The van der Waals surface area contributed by atoms with Crippen molar-refractivity contribution in [2.45, 2.75) is 0 Å². The molecule has 14 heavy (non-hydrogen) atoms. The van der Waals surface area contributed by atoms with Gasteiger partial charge in [-0.05, 0) is 0 Å². The molecule has 0 fully saturated rings. The van der Waals surface area contributed by atoms with E-state index in [0.29, 0.717) is 0 Å². The number of nitrogens with zero attached hydrogens (tertiary/aromatic N) is 2. The number of nitrogen functional groups attached to an aromatic ring is 1. The molecule has 0 aromatic carbocycles. The molecule has 0 bridgehead atoms. The van der Waals surface area contributed by atoms with Crippen molar-refractivity contribution < 1.29 is 9.59 Å². The summed E-state index contributed by atoms with van der Waals surface area (Å²) in [5.74, 6) is -0.974. The molecule has 0 aliphatic heterocycles. The highest BCUT2D eigenvalue weighted by Gasteiger charge is 2.14. The van der Waals surface area contributed by atoms with Crippen LogP contribution in [0.3, 0.4) is 0 Å². The van der Waals surface area contributed by atoms with Crippen molar-refractivity contribution >= 4 is 29.4 Å². The molecule has 5 N–H and O–H groups in total. The quantitative estimate of drug-likeness (QED) is 0.584. The number of urea groups is 1. The Morgan fingerprint density at radius 2 is 2.14 bits per heavy atom. The van der Waals surface area contributed by atoms with Crippen LogP contribution in [-0.2, 0) is 0 Å². The lowest BCUT2D eigenvalue weighted by Gasteiger charge is -2.02. The predicted molar refractivity (Wildman–Crippen MR) is 48.5 cm³/mol. The van der Waals surface area contributed by atoms with E-state index in [1.54, 1.807) is 5.32 Å². The van der Waals surface area contributed by atoms with E-state index in [1.807, 2.05) is 0 Å². The summed E-state index contributed by atoms with van der Waals surface area (Å²) in [7, 11) is 0. The molecular formula is C6H6ClN5O2. The molecule has 0 saturated carbocycles. The van der Waals surface area contributed by atoms with Crippen LogP contribution in [-0.4, -0.2) is 21.9 Å². The van der Waals surface area contributed by atoms with Crippen molar-refractivity contribution in [2.24, 2.45) is 5.73 Å². The molecular weight excluding hydrogens is 210 g/mol. The van der Waals surface area contributed by atoms with Gasteiger partial charge in [0.2, 0.25) is 0 Å². The maximum atomic E-state index is 11.2. The van der Waals surface area contributed by atoms with Gasteiger partial charge in [-0.15, -0.1) is 0 Å². The van der Waals surface area contributed by atoms with E-state index in [4.69, 9.17) is 23.1 Å². The number of halogens is 1. The fraction of sp³-hybridized carbons (Fsp3) is 0. The maximum absolute atomic E-state index is 11.2. The molecule has 3 amide bonds. The van der Waals surface area contributed by atoms with Gasteiger partial charge in [0, 0.05) is 0 Å². The van der Waals surface area contributed by atoms with Crippen molar-refractivity contribution in [1.82, 2.24) is 15.3 Å². The van der Waals surface area contributed by atoms with E-state index >= 15 is 0 Å². The summed E-state index contributed by atoms with van der Waals surface area (Å²) in [6.07, 6.45) is 1.18. The van der Waals surface area contributed by atoms with Crippen molar-refractivity contribution in [3.63, 3.8) is 0 Å². The van der Waals surface area contributed by atoms with Crippen LogP contribution in [0.1, 0.15) is 10.5 Å². The van der Waals surface area contributed by atoms with Gasteiger partial charge in [-0.1, -0.05) is 11.6 Å². The average molecular weight is 216 g/mol. The van der Waals surface area contributed by atoms with Gasteiger partial charge < -0.3 is 11.5 Å². The fourth-order valence-electron chi connectivity index (χ4n) is 0.715. The topological polar surface area (TPSA) is 124 Å². The van der Waals surface area contributed by atoms with E-state index in [0.717, 1.165) is 0 Å². The Kier molecular flexibility index (Phi) is 2.82. The van der Waals surface area contributed by atoms with Crippen LogP contribution in [0.25, 0.3) is 0 Å². The summed E-state index contributed by atoms with van der Waals surface area (Å²) in [6, 6.07) is -1.00. The van der Waals surface area contributed by atoms with Crippen LogP contribution in [0.5, 0.6) is 0 Å². The third kappa shape index (κ3) is 2.30. The molecule has 0 aliphatic carbocycles. The van der Waals surface area contributed by atoms with Gasteiger partial charge in [-0.3, -0.25) is 10.1 Å². The number of hydrogen-bond donors (Lipinski definition) is 3. The summed E-state index contributed by atoms with van der Waals surface area (Å²) in [6.45, 7) is 0. The molecule has 1 aromatic rings. The van der Waals surface area contributed by atoms with Crippen LogP contribution in [0, 0.1) is 0 Å². The molecule has 0 aliphatic rings. The van der Waals surface area contributed by atoms with Gasteiger partial charge in [0.1, 0.15) is 5.15 Å². The number of carbonyl (C=O) groups is 2. The second kappa shape index (κ2) is 3.88. The highest BCUT2D eigenvalue weighted by atomic mass is 35.5. The first-order valence-electron chi connectivity index (χ1n) is 3.39. The van der Waals surface area contributed by atoms with Gasteiger partial charge in [-0.25, -0.2) is 14.8 Å². The van der Waals surface area contributed by atoms with E-state index in [-0.39, 0.29) is 16.7 Å². The Morgan fingerprint density at radius 3 is 2.71 bits per heavy atom. The molecule has 0 saturated heterocycles. The molecule has 0 unspecified atom stereocenters. The third-order valence-corrected chi connectivity index (χ3v) is 1.41. The number of imide groups is 1. The summed E-state index contributed by atoms with van der Waals surface area (Å²) < 4.78 is 0. The van der Waals surface area contributed by atoms with Gasteiger partial charge in [0.05, 0.1) is 6.20 Å². The monoisotopic (exact) mass is 215 g/mol. The number of primary amides is 1. The molecule has 74 valence electrons. The SMILES string of the molecule is NC(=O)NC(=O)c1nc(Cl)cnc1N. The minimum atomic E-state index is -1.00. The van der Waals surface area contributed by atoms with Crippen molar-refractivity contribution in [1.29, 1.82) is 0 Å². The summed E-state index contributed by atoms with van der Waals surface area (Å²) >= 11 is 5.47. The number of hydrogen-bond acceptors (Lipinski definition) is 5. The summed E-state index contributed by atoms with van der Waals surface area (Å²) in [4.78, 5) is 28.7. The summed E-state index contributed by atoms with van der Waals surface area (Å²) in [5, 5.41) is 1.78. The molecule has 7 nitrogen and oxygen atoms in total. The molecule has 1 rings (SSSR count). The second-order valence-corrected chi connectivity index (χ2v) is 2.63. The maximum Gasteiger partial charge on any atom is 0.319 e. The number of carbonyl (C=O) groups excluding carboxylic acids is 2. The van der Waals surface area contributed by atoms with Gasteiger partial charge in [0.25, 0.3) is 5.91 Å². The molecule has 1 aromatic heterocycles. The first-order valence-corrected chi connectivity index (χ1v) is 3.77. The molecule has 0 radical (unpaired) electrons. The predicted octanol–water partition coefficient (Wildman–Crippen LogP) is -0.479. The van der Waals surface area contributed by atoms with E-state index < -0.39 is 11.9 Å². The second-order valence-electron chi connectivity index (χ2n) is 2.24. The lowest BCUT2D eigenvalue weighted by Crippen LogP contribution is -2.36. The van der Waals surface area contributed by atoms with Crippen molar-refractivity contribution in [3.05, 3.63) is 17.0 Å². The average Bonchev–Trinajstić information content (AvgIpc) is 2.08. The normalized spacial score (nSPS) is 9.50. The lowest BCUT2D eigenvalue weighted by molar-refractivity contribution is 0.0962. The number of amides is 3. The summed E-state index contributed by atoms with van der Waals surface area (Å²) in [5.41, 5.74) is 9.81. The van der Waals surface area contributed by atoms with Crippen LogP contribution in [0.4, 0.5) is 10.6 Å². The van der Waals surface area contributed by atoms with Gasteiger partial charge in [0.15, 0.2) is 11.5 Å². The number of nitrogens with two attached hydrogens (primary N) is 2.